The van der Waals surface area contributed by atoms with Crippen LogP contribution >= 0.6 is 15.9 Å². The van der Waals surface area contributed by atoms with Gasteiger partial charge in [0.2, 0.25) is 5.88 Å². The zero-order valence-corrected chi connectivity index (χ0v) is 14.9. The molecule has 0 radical (unpaired) electrons. The maximum atomic E-state index is 5.19. The molecule has 7 heteroatoms. The monoisotopic (exact) mass is 377 g/mol. The summed E-state index contributed by atoms with van der Waals surface area (Å²) in [5.74, 6) is 2.47. The van der Waals surface area contributed by atoms with Crippen LogP contribution in [-0.4, -0.2) is 48.2 Å². The van der Waals surface area contributed by atoms with E-state index >= 15 is 0 Å². The molecule has 3 heterocycles. The van der Waals surface area contributed by atoms with Gasteiger partial charge in [0.25, 0.3) is 0 Å². The first-order chi connectivity index (χ1) is 11.2. The number of nitrogens with zero attached hydrogens (tertiary/aromatic N) is 5. The Morgan fingerprint density at radius 2 is 2.22 bits per heavy atom. The Balaban J connectivity index is 1.76. The molecule has 0 aromatic carbocycles. The van der Waals surface area contributed by atoms with E-state index in [0.717, 1.165) is 42.0 Å². The molecule has 0 N–H and O–H groups in total. The second kappa shape index (κ2) is 7.12. The minimum atomic E-state index is 0.372. The molecule has 1 aliphatic rings. The molecule has 0 amide bonds. The third-order valence-corrected chi connectivity index (χ3v) is 4.80. The average Bonchev–Trinajstić information content (AvgIpc) is 2.61. The molecule has 1 unspecified atom stereocenters. The number of ether oxygens (including phenoxy) is 1. The molecule has 23 heavy (non-hydrogen) atoms. The number of rotatable bonds is 4. The zero-order valence-electron chi connectivity index (χ0n) is 13.3. The number of halogens is 1. The number of anilines is 2. The van der Waals surface area contributed by atoms with Crippen LogP contribution in [-0.2, 0) is 0 Å². The Kier molecular flexibility index (Phi) is 4.95. The lowest BCUT2D eigenvalue weighted by molar-refractivity contribution is 0.396. The van der Waals surface area contributed by atoms with Gasteiger partial charge in [-0.15, -0.1) is 0 Å². The minimum absolute atomic E-state index is 0.372. The van der Waals surface area contributed by atoms with Crippen molar-refractivity contribution in [3.63, 3.8) is 0 Å². The van der Waals surface area contributed by atoms with Crippen molar-refractivity contribution < 1.29 is 4.74 Å². The van der Waals surface area contributed by atoms with Gasteiger partial charge >= 0.3 is 0 Å². The number of pyridine rings is 1. The SMILES string of the molecule is COc1cc(N(C)C2CCCN(c3ncccc3Br)C2)ncn1. The Hall–Kier alpha value is -1.89. The fourth-order valence-corrected chi connectivity index (χ4v) is 3.40. The summed E-state index contributed by atoms with van der Waals surface area (Å²) in [4.78, 5) is 17.5. The van der Waals surface area contributed by atoms with Gasteiger partial charge in [0, 0.05) is 38.4 Å². The Morgan fingerprint density at radius 3 is 3.00 bits per heavy atom. The van der Waals surface area contributed by atoms with Crippen molar-refractivity contribution in [3.8, 4) is 5.88 Å². The molecule has 0 spiro atoms. The number of piperidine rings is 1. The molecular weight excluding hydrogens is 358 g/mol. The first-order valence-electron chi connectivity index (χ1n) is 7.63. The van der Waals surface area contributed by atoms with E-state index in [9.17, 15) is 0 Å². The summed E-state index contributed by atoms with van der Waals surface area (Å²) in [6.07, 6.45) is 5.63. The van der Waals surface area contributed by atoms with E-state index in [1.807, 2.05) is 24.4 Å². The Morgan fingerprint density at radius 1 is 1.35 bits per heavy atom. The largest absolute Gasteiger partial charge is 0.481 e. The van der Waals surface area contributed by atoms with Crippen molar-refractivity contribution in [2.45, 2.75) is 18.9 Å². The van der Waals surface area contributed by atoms with Crippen molar-refractivity contribution >= 4 is 27.6 Å². The molecular formula is C16H20BrN5O. The van der Waals surface area contributed by atoms with Crippen molar-refractivity contribution in [1.82, 2.24) is 15.0 Å². The second-order valence-corrected chi connectivity index (χ2v) is 6.43. The highest BCUT2D eigenvalue weighted by Crippen LogP contribution is 2.28. The number of aromatic nitrogens is 3. The van der Waals surface area contributed by atoms with Gasteiger partial charge < -0.3 is 14.5 Å². The summed E-state index contributed by atoms with van der Waals surface area (Å²) in [6, 6.07) is 6.21. The van der Waals surface area contributed by atoms with Crippen molar-refractivity contribution in [3.05, 3.63) is 35.2 Å². The number of methoxy groups -OCH3 is 1. The van der Waals surface area contributed by atoms with Gasteiger partial charge in [-0.25, -0.2) is 15.0 Å². The smallest absolute Gasteiger partial charge is 0.218 e. The van der Waals surface area contributed by atoms with Crippen LogP contribution < -0.4 is 14.5 Å². The van der Waals surface area contributed by atoms with Crippen LogP contribution in [0.3, 0.4) is 0 Å². The van der Waals surface area contributed by atoms with Gasteiger partial charge in [-0.05, 0) is 40.9 Å². The van der Waals surface area contributed by atoms with Crippen LogP contribution in [0.4, 0.5) is 11.6 Å². The van der Waals surface area contributed by atoms with Gasteiger partial charge in [-0.2, -0.15) is 0 Å². The fraction of sp³-hybridized carbons (Fsp3) is 0.438. The molecule has 0 bridgehead atoms. The normalized spacial score (nSPS) is 17.9. The zero-order chi connectivity index (χ0) is 16.2. The maximum absolute atomic E-state index is 5.19. The molecule has 2 aromatic heterocycles. The van der Waals surface area contributed by atoms with Crippen LogP contribution in [0.2, 0.25) is 0 Å². The molecule has 1 atom stereocenters. The quantitative estimate of drug-likeness (QED) is 0.816. The number of likely N-dealkylation sites (N-methyl/N-ethyl adjacent to an activating group) is 1. The fourth-order valence-electron chi connectivity index (χ4n) is 2.89. The van der Waals surface area contributed by atoms with Gasteiger partial charge in [0.15, 0.2) is 0 Å². The van der Waals surface area contributed by atoms with Crippen molar-refractivity contribution in [1.29, 1.82) is 0 Å². The molecule has 3 rings (SSSR count). The number of hydrogen-bond acceptors (Lipinski definition) is 6. The lowest BCUT2D eigenvalue weighted by atomic mass is 10.0. The van der Waals surface area contributed by atoms with E-state index in [4.69, 9.17) is 4.74 Å². The van der Waals surface area contributed by atoms with E-state index in [0.29, 0.717) is 11.9 Å². The predicted molar refractivity (Wildman–Crippen MR) is 94.2 cm³/mol. The van der Waals surface area contributed by atoms with Gasteiger partial charge in [-0.3, -0.25) is 0 Å². The van der Waals surface area contributed by atoms with Crippen molar-refractivity contribution in [2.24, 2.45) is 0 Å². The molecule has 2 aromatic rings. The van der Waals surface area contributed by atoms with Crippen LogP contribution in [0.15, 0.2) is 35.2 Å². The maximum Gasteiger partial charge on any atom is 0.218 e. The lowest BCUT2D eigenvalue weighted by Crippen LogP contribution is -2.47. The van der Waals surface area contributed by atoms with Crippen LogP contribution in [0.25, 0.3) is 0 Å². The summed E-state index contributed by atoms with van der Waals surface area (Å²) in [5, 5.41) is 0. The second-order valence-electron chi connectivity index (χ2n) is 5.58. The molecule has 6 nitrogen and oxygen atoms in total. The highest BCUT2D eigenvalue weighted by molar-refractivity contribution is 9.10. The summed E-state index contributed by atoms with van der Waals surface area (Å²) < 4.78 is 6.23. The summed E-state index contributed by atoms with van der Waals surface area (Å²) in [7, 11) is 3.69. The van der Waals surface area contributed by atoms with Gasteiger partial charge in [-0.1, -0.05) is 0 Å². The standard InChI is InChI=1S/C16H20BrN5O/c1-21(14-9-15(23-2)20-11-19-14)12-5-4-8-22(10-12)16-13(17)6-3-7-18-16/h3,6-7,9,11-12H,4-5,8,10H2,1-2H3. The van der Waals surface area contributed by atoms with Gasteiger partial charge in [0.1, 0.15) is 18.0 Å². The first kappa shape index (κ1) is 16.0. The predicted octanol–water partition coefficient (Wildman–Crippen LogP) is 2.75. The summed E-state index contributed by atoms with van der Waals surface area (Å²) in [6.45, 7) is 1.94. The van der Waals surface area contributed by atoms with Crippen LogP contribution in [0.1, 0.15) is 12.8 Å². The minimum Gasteiger partial charge on any atom is -0.481 e. The lowest BCUT2D eigenvalue weighted by Gasteiger charge is -2.39. The third kappa shape index (κ3) is 3.55. The molecule has 0 saturated carbocycles. The summed E-state index contributed by atoms with van der Waals surface area (Å²) in [5.41, 5.74) is 0. The highest BCUT2D eigenvalue weighted by atomic mass is 79.9. The van der Waals surface area contributed by atoms with Crippen LogP contribution in [0.5, 0.6) is 5.88 Å². The first-order valence-corrected chi connectivity index (χ1v) is 8.42. The van der Waals surface area contributed by atoms with Crippen LogP contribution in [0, 0.1) is 0 Å². The van der Waals surface area contributed by atoms with Gasteiger partial charge in [0.05, 0.1) is 11.6 Å². The molecule has 1 fully saturated rings. The topological polar surface area (TPSA) is 54.4 Å². The average molecular weight is 378 g/mol. The molecule has 1 aliphatic heterocycles. The van der Waals surface area contributed by atoms with E-state index in [1.54, 1.807) is 13.4 Å². The summed E-state index contributed by atoms with van der Waals surface area (Å²) >= 11 is 3.60. The molecule has 1 saturated heterocycles. The number of hydrogen-bond donors (Lipinski definition) is 0. The van der Waals surface area contributed by atoms with E-state index in [1.165, 1.54) is 0 Å². The van der Waals surface area contributed by atoms with Crippen molar-refractivity contribution in [2.75, 3.05) is 37.0 Å². The Bertz CT molecular complexity index is 668. The molecule has 0 aliphatic carbocycles. The molecule has 122 valence electrons. The van der Waals surface area contributed by atoms with E-state index < -0.39 is 0 Å². The Labute approximate surface area is 144 Å². The van der Waals surface area contributed by atoms with E-state index in [2.05, 4.69) is 47.7 Å². The van der Waals surface area contributed by atoms with E-state index in [-0.39, 0.29) is 0 Å². The third-order valence-electron chi connectivity index (χ3n) is 4.18. The highest BCUT2D eigenvalue weighted by Gasteiger charge is 2.26.